The molecule has 21 heavy (non-hydrogen) atoms. The van der Waals surface area contributed by atoms with E-state index in [4.69, 9.17) is 0 Å². The summed E-state index contributed by atoms with van der Waals surface area (Å²) in [5.74, 6) is 0.326. The van der Waals surface area contributed by atoms with Gasteiger partial charge in [0.1, 0.15) is 5.69 Å². The van der Waals surface area contributed by atoms with Gasteiger partial charge < -0.3 is 10.6 Å². The minimum absolute atomic E-state index is 0.205. The van der Waals surface area contributed by atoms with Crippen LogP contribution in [0.15, 0.2) is 30.6 Å². The third-order valence-corrected chi connectivity index (χ3v) is 3.17. The topological polar surface area (TPSA) is 79.8 Å². The third-order valence-electron chi connectivity index (χ3n) is 3.17. The summed E-state index contributed by atoms with van der Waals surface area (Å²) >= 11 is 0. The SMILES string of the molecule is Cc1cc(C(=O)NCc2cccnc2)nc(NC2CC2)n1. The standard InChI is InChI=1S/C15H17N5O/c1-10-7-13(20-15(18-10)19-12-4-5-12)14(21)17-9-11-3-2-6-16-8-11/h2-3,6-8,12H,4-5,9H2,1H3,(H,17,21)(H,18,19,20). The molecule has 3 rings (SSSR count). The molecule has 2 aromatic rings. The van der Waals surface area contributed by atoms with Crippen LogP contribution < -0.4 is 10.6 Å². The summed E-state index contributed by atoms with van der Waals surface area (Å²) in [6.07, 6.45) is 5.71. The molecular weight excluding hydrogens is 266 g/mol. The third kappa shape index (κ3) is 3.75. The molecule has 1 fully saturated rings. The lowest BCUT2D eigenvalue weighted by Crippen LogP contribution is -2.24. The van der Waals surface area contributed by atoms with Crippen molar-refractivity contribution in [2.45, 2.75) is 32.4 Å². The maximum absolute atomic E-state index is 12.2. The number of rotatable bonds is 5. The molecule has 2 aromatic heterocycles. The van der Waals surface area contributed by atoms with Gasteiger partial charge in [0.2, 0.25) is 5.95 Å². The Hall–Kier alpha value is -2.50. The minimum Gasteiger partial charge on any atom is -0.351 e. The van der Waals surface area contributed by atoms with Gasteiger partial charge in [-0.05, 0) is 37.5 Å². The van der Waals surface area contributed by atoms with Gasteiger partial charge >= 0.3 is 0 Å². The quantitative estimate of drug-likeness (QED) is 0.872. The van der Waals surface area contributed by atoms with Crippen LogP contribution in [0, 0.1) is 6.92 Å². The van der Waals surface area contributed by atoms with Gasteiger partial charge in [-0.15, -0.1) is 0 Å². The highest BCUT2D eigenvalue weighted by Crippen LogP contribution is 2.23. The fraction of sp³-hybridized carbons (Fsp3) is 0.333. The Morgan fingerprint density at radius 3 is 2.95 bits per heavy atom. The Morgan fingerprint density at radius 1 is 1.38 bits per heavy atom. The molecule has 6 nitrogen and oxygen atoms in total. The van der Waals surface area contributed by atoms with Crippen molar-refractivity contribution in [2.75, 3.05) is 5.32 Å². The van der Waals surface area contributed by atoms with Crippen LogP contribution in [0.4, 0.5) is 5.95 Å². The second kappa shape index (κ2) is 5.87. The number of carbonyl (C=O) groups excluding carboxylic acids is 1. The fourth-order valence-corrected chi connectivity index (χ4v) is 1.94. The van der Waals surface area contributed by atoms with E-state index in [1.165, 1.54) is 0 Å². The molecule has 2 heterocycles. The molecule has 0 unspecified atom stereocenters. The Balaban J connectivity index is 1.67. The second-order valence-corrected chi connectivity index (χ2v) is 5.18. The molecule has 0 aliphatic heterocycles. The zero-order valence-electron chi connectivity index (χ0n) is 11.8. The number of hydrogen-bond acceptors (Lipinski definition) is 5. The van der Waals surface area contributed by atoms with E-state index >= 15 is 0 Å². The van der Waals surface area contributed by atoms with Crippen molar-refractivity contribution in [2.24, 2.45) is 0 Å². The number of amides is 1. The lowest BCUT2D eigenvalue weighted by Gasteiger charge is -2.08. The van der Waals surface area contributed by atoms with Crippen molar-refractivity contribution in [3.63, 3.8) is 0 Å². The molecule has 1 aliphatic carbocycles. The number of aromatic nitrogens is 3. The van der Waals surface area contributed by atoms with E-state index in [0.29, 0.717) is 24.2 Å². The first-order valence-corrected chi connectivity index (χ1v) is 7.00. The lowest BCUT2D eigenvalue weighted by molar-refractivity contribution is 0.0945. The van der Waals surface area contributed by atoms with Crippen LogP contribution >= 0.6 is 0 Å². The summed E-state index contributed by atoms with van der Waals surface area (Å²) in [6.45, 7) is 2.29. The molecule has 0 atom stereocenters. The average molecular weight is 283 g/mol. The summed E-state index contributed by atoms with van der Waals surface area (Å²) in [5, 5.41) is 6.06. The van der Waals surface area contributed by atoms with Crippen LogP contribution in [0.1, 0.15) is 34.6 Å². The maximum Gasteiger partial charge on any atom is 0.270 e. The monoisotopic (exact) mass is 283 g/mol. The zero-order chi connectivity index (χ0) is 14.7. The van der Waals surface area contributed by atoms with Crippen molar-refractivity contribution in [3.05, 3.63) is 47.5 Å². The summed E-state index contributed by atoms with van der Waals surface area (Å²) in [7, 11) is 0. The van der Waals surface area contributed by atoms with Crippen LogP contribution in [0.3, 0.4) is 0 Å². The zero-order valence-corrected chi connectivity index (χ0v) is 11.8. The van der Waals surface area contributed by atoms with Crippen molar-refractivity contribution in [3.8, 4) is 0 Å². The van der Waals surface area contributed by atoms with E-state index in [-0.39, 0.29) is 5.91 Å². The van der Waals surface area contributed by atoms with Crippen LogP contribution in [0.2, 0.25) is 0 Å². The van der Waals surface area contributed by atoms with Crippen molar-refractivity contribution >= 4 is 11.9 Å². The number of hydrogen-bond donors (Lipinski definition) is 2. The van der Waals surface area contributed by atoms with Crippen LogP contribution in [0.25, 0.3) is 0 Å². The molecule has 0 spiro atoms. The first kappa shape index (κ1) is 13.5. The first-order valence-electron chi connectivity index (χ1n) is 7.00. The predicted molar refractivity (Wildman–Crippen MR) is 78.8 cm³/mol. The van der Waals surface area contributed by atoms with Gasteiger partial charge in [0.05, 0.1) is 0 Å². The largest absolute Gasteiger partial charge is 0.351 e. The second-order valence-electron chi connectivity index (χ2n) is 5.18. The molecule has 0 bridgehead atoms. The van der Waals surface area contributed by atoms with E-state index in [2.05, 4.69) is 25.6 Å². The molecule has 2 N–H and O–H groups in total. The molecule has 0 radical (unpaired) electrons. The lowest BCUT2D eigenvalue weighted by atomic mass is 10.2. The molecule has 0 aromatic carbocycles. The van der Waals surface area contributed by atoms with Crippen LogP contribution in [0.5, 0.6) is 0 Å². The summed E-state index contributed by atoms with van der Waals surface area (Å²) in [4.78, 5) is 24.8. The average Bonchev–Trinajstić information content (AvgIpc) is 3.29. The number of nitrogens with one attached hydrogen (secondary N) is 2. The molecule has 1 saturated carbocycles. The van der Waals surface area contributed by atoms with Gasteiger partial charge in [0.15, 0.2) is 0 Å². The number of nitrogens with zero attached hydrogens (tertiary/aromatic N) is 3. The number of pyridine rings is 1. The highest BCUT2D eigenvalue weighted by molar-refractivity contribution is 5.92. The van der Waals surface area contributed by atoms with Gasteiger partial charge in [-0.2, -0.15) is 0 Å². The van der Waals surface area contributed by atoms with Crippen molar-refractivity contribution in [1.82, 2.24) is 20.3 Å². The summed E-state index contributed by atoms with van der Waals surface area (Å²) in [5.41, 5.74) is 2.11. The molecule has 1 aliphatic rings. The van der Waals surface area contributed by atoms with Gasteiger partial charge in [0, 0.05) is 30.7 Å². The number of anilines is 1. The summed E-state index contributed by atoms with van der Waals surface area (Å²) < 4.78 is 0. The Bertz CT molecular complexity index is 640. The minimum atomic E-state index is -0.205. The van der Waals surface area contributed by atoms with Crippen molar-refractivity contribution < 1.29 is 4.79 Å². The van der Waals surface area contributed by atoms with Gasteiger partial charge in [-0.25, -0.2) is 9.97 Å². The fourth-order valence-electron chi connectivity index (χ4n) is 1.94. The van der Waals surface area contributed by atoms with Gasteiger partial charge in [0.25, 0.3) is 5.91 Å². The van der Waals surface area contributed by atoms with Crippen LogP contribution in [-0.4, -0.2) is 26.9 Å². The van der Waals surface area contributed by atoms with E-state index in [9.17, 15) is 4.79 Å². The Labute approximate surface area is 123 Å². The van der Waals surface area contributed by atoms with Crippen molar-refractivity contribution in [1.29, 1.82) is 0 Å². The Morgan fingerprint density at radius 2 is 2.24 bits per heavy atom. The predicted octanol–water partition coefficient (Wildman–Crippen LogP) is 1.68. The molecule has 1 amide bonds. The molecule has 108 valence electrons. The Kier molecular flexibility index (Phi) is 3.77. The summed E-state index contributed by atoms with van der Waals surface area (Å²) in [6, 6.07) is 5.90. The van der Waals surface area contributed by atoms with E-state index in [1.807, 2.05) is 19.1 Å². The molecular formula is C15H17N5O. The number of carbonyl (C=O) groups is 1. The normalized spacial score (nSPS) is 13.8. The maximum atomic E-state index is 12.2. The van der Waals surface area contributed by atoms with E-state index < -0.39 is 0 Å². The van der Waals surface area contributed by atoms with E-state index in [1.54, 1.807) is 18.5 Å². The van der Waals surface area contributed by atoms with E-state index in [0.717, 1.165) is 24.1 Å². The first-order chi connectivity index (χ1) is 10.2. The number of aryl methyl sites for hydroxylation is 1. The van der Waals surface area contributed by atoms with Crippen LogP contribution in [-0.2, 0) is 6.54 Å². The highest BCUT2D eigenvalue weighted by Gasteiger charge is 2.22. The molecule has 6 heteroatoms. The van der Waals surface area contributed by atoms with Gasteiger partial charge in [-0.3, -0.25) is 9.78 Å². The van der Waals surface area contributed by atoms with Gasteiger partial charge in [-0.1, -0.05) is 6.07 Å². The highest BCUT2D eigenvalue weighted by atomic mass is 16.1. The smallest absolute Gasteiger partial charge is 0.270 e. The molecule has 0 saturated heterocycles.